The lowest BCUT2D eigenvalue weighted by Crippen LogP contribution is -2.52. The molecule has 6 nitrogen and oxygen atoms in total. The largest absolute Gasteiger partial charge is 0.343 e. The topological polar surface area (TPSA) is 76.4 Å². The molecule has 1 saturated carbocycles. The standard InChI is InChI=1S/C21H27FN4O2/c22-17-7-5-16(6-8-17)15-25-11-13-26(14-12-25)21(28)19-4-2-1-3-18(19)20(27)24-10-9-23/h5-8,18-19H,1-4,10-15H2,(H,24,27)/t18-,19-/m0/s1. The quantitative estimate of drug-likeness (QED) is 0.785. The molecule has 2 atom stereocenters. The molecule has 0 aromatic heterocycles. The molecule has 1 aromatic carbocycles. The molecule has 0 unspecified atom stereocenters. The van der Waals surface area contributed by atoms with E-state index < -0.39 is 0 Å². The van der Waals surface area contributed by atoms with Crippen LogP contribution in [0.1, 0.15) is 31.2 Å². The van der Waals surface area contributed by atoms with Crippen LogP contribution in [0.3, 0.4) is 0 Å². The van der Waals surface area contributed by atoms with Gasteiger partial charge in [0.25, 0.3) is 0 Å². The molecule has 1 aliphatic heterocycles. The fourth-order valence-electron chi connectivity index (χ4n) is 4.21. The van der Waals surface area contributed by atoms with E-state index in [2.05, 4.69) is 10.2 Å². The van der Waals surface area contributed by atoms with Crippen LogP contribution in [0.2, 0.25) is 0 Å². The smallest absolute Gasteiger partial charge is 0.226 e. The number of rotatable bonds is 5. The minimum atomic E-state index is -0.327. The lowest BCUT2D eigenvalue weighted by atomic mass is 9.77. The summed E-state index contributed by atoms with van der Waals surface area (Å²) in [6, 6.07) is 8.44. The average molecular weight is 386 g/mol. The Bertz CT molecular complexity index is 723. The Hall–Kier alpha value is -2.46. The molecule has 150 valence electrons. The zero-order valence-corrected chi connectivity index (χ0v) is 16.1. The number of benzene rings is 1. The number of hydrogen-bond acceptors (Lipinski definition) is 4. The van der Waals surface area contributed by atoms with Crippen molar-refractivity contribution in [2.24, 2.45) is 11.8 Å². The summed E-state index contributed by atoms with van der Waals surface area (Å²) in [6.07, 6.45) is 3.35. The fraction of sp³-hybridized carbons (Fsp3) is 0.571. The van der Waals surface area contributed by atoms with Gasteiger partial charge in [0.15, 0.2) is 0 Å². The van der Waals surface area contributed by atoms with E-state index in [-0.39, 0.29) is 36.0 Å². The van der Waals surface area contributed by atoms with Crippen molar-refractivity contribution in [2.75, 3.05) is 32.7 Å². The zero-order valence-electron chi connectivity index (χ0n) is 16.1. The number of nitrogens with zero attached hydrogens (tertiary/aromatic N) is 3. The minimum absolute atomic E-state index is 0.0156. The van der Waals surface area contributed by atoms with E-state index in [1.165, 1.54) is 12.1 Å². The number of amides is 2. The molecular formula is C21H27FN4O2. The average Bonchev–Trinajstić information content (AvgIpc) is 2.73. The summed E-state index contributed by atoms with van der Waals surface area (Å²) in [5, 5.41) is 11.3. The van der Waals surface area contributed by atoms with Crippen molar-refractivity contribution in [1.82, 2.24) is 15.1 Å². The Balaban J connectivity index is 1.53. The van der Waals surface area contributed by atoms with Gasteiger partial charge in [-0.1, -0.05) is 25.0 Å². The van der Waals surface area contributed by atoms with Crippen LogP contribution in [0.25, 0.3) is 0 Å². The van der Waals surface area contributed by atoms with Crippen molar-refractivity contribution < 1.29 is 14.0 Å². The molecule has 1 heterocycles. The predicted molar refractivity (Wildman–Crippen MR) is 102 cm³/mol. The van der Waals surface area contributed by atoms with Gasteiger partial charge in [-0.3, -0.25) is 14.5 Å². The zero-order chi connectivity index (χ0) is 19.9. The molecule has 0 bridgehead atoms. The summed E-state index contributed by atoms with van der Waals surface area (Å²) in [7, 11) is 0. The van der Waals surface area contributed by atoms with Crippen molar-refractivity contribution >= 4 is 11.8 Å². The molecular weight excluding hydrogens is 359 g/mol. The molecule has 0 radical (unpaired) electrons. The third kappa shape index (κ3) is 5.08. The Labute approximate surface area is 165 Å². The van der Waals surface area contributed by atoms with Gasteiger partial charge < -0.3 is 10.2 Å². The van der Waals surface area contributed by atoms with E-state index >= 15 is 0 Å². The summed E-state index contributed by atoms with van der Waals surface area (Å²) in [5.74, 6) is -0.948. The maximum absolute atomic E-state index is 13.1. The number of nitriles is 1. The number of nitrogens with one attached hydrogen (secondary N) is 1. The maximum atomic E-state index is 13.1. The molecule has 28 heavy (non-hydrogen) atoms. The fourth-order valence-corrected chi connectivity index (χ4v) is 4.21. The number of carbonyl (C=O) groups is 2. The van der Waals surface area contributed by atoms with Crippen molar-refractivity contribution in [1.29, 1.82) is 5.26 Å². The van der Waals surface area contributed by atoms with E-state index in [1.54, 1.807) is 12.1 Å². The van der Waals surface area contributed by atoms with Gasteiger partial charge >= 0.3 is 0 Å². The molecule has 1 aromatic rings. The van der Waals surface area contributed by atoms with Crippen LogP contribution < -0.4 is 5.32 Å². The van der Waals surface area contributed by atoms with Gasteiger partial charge in [-0.05, 0) is 30.5 Å². The second-order valence-electron chi connectivity index (χ2n) is 7.60. The van der Waals surface area contributed by atoms with Crippen LogP contribution in [0.5, 0.6) is 0 Å². The van der Waals surface area contributed by atoms with Crippen LogP contribution in [-0.4, -0.2) is 54.3 Å². The van der Waals surface area contributed by atoms with Crippen molar-refractivity contribution in [3.8, 4) is 6.07 Å². The first-order valence-corrected chi connectivity index (χ1v) is 9.98. The second-order valence-corrected chi connectivity index (χ2v) is 7.60. The van der Waals surface area contributed by atoms with Gasteiger partial charge in [0.2, 0.25) is 11.8 Å². The van der Waals surface area contributed by atoms with Gasteiger partial charge in [-0.15, -0.1) is 0 Å². The van der Waals surface area contributed by atoms with Gasteiger partial charge in [-0.25, -0.2) is 4.39 Å². The van der Waals surface area contributed by atoms with Gasteiger partial charge in [0, 0.05) is 44.6 Å². The van der Waals surface area contributed by atoms with Crippen LogP contribution >= 0.6 is 0 Å². The molecule has 0 spiro atoms. The van der Waals surface area contributed by atoms with Crippen molar-refractivity contribution in [2.45, 2.75) is 32.2 Å². The molecule has 3 rings (SSSR count). The molecule has 1 aliphatic carbocycles. The summed E-state index contributed by atoms with van der Waals surface area (Å²) < 4.78 is 13.0. The summed E-state index contributed by atoms with van der Waals surface area (Å²) in [5.41, 5.74) is 1.06. The molecule has 2 amide bonds. The van der Waals surface area contributed by atoms with Crippen LogP contribution in [-0.2, 0) is 16.1 Å². The highest BCUT2D eigenvalue weighted by Gasteiger charge is 2.38. The second kappa shape index (κ2) is 9.65. The lowest BCUT2D eigenvalue weighted by Gasteiger charge is -2.39. The molecule has 1 saturated heterocycles. The predicted octanol–water partition coefficient (Wildman–Crippen LogP) is 1.92. The number of hydrogen-bond donors (Lipinski definition) is 1. The van der Waals surface area contributed by atoms with E-state index in [9.17, 15) is 14.0 Å². The van der Waals surface area contributed by atoms with Crippen LogP contribution in [0, 0.1) is 29.0 Å². The minimum Gasteiger partial charge on any atom is -0.343 e. The number of piperazine rings is 1. The molecule has 7 heteroatoms. The van der Waals surface area contributed by atoms with Gasteiger partial charge in [-0.2, -0.15) is 5.26 Å². The number of carbonyl (C=O) groups excluding carboxylic acids is 2. The number of halogens is 1. The van der Waals surface area contributed by atoms with Crippen LogP contribution in [0.4, 0.5) is 4.39 Å². The van der Waals surface area contributed by atoms with E-state index in [0.29, 0.717) is 19.5 Å². The van der Waals surface area contributed by atoms with Gasteiger partial charge in [0.1, 0.15) is 12.4 Å². The first-order valence-electron chi connectivity index (χ1n) is 9.98. The summed E-state index contributed by atoms with van der Waals surface area (Å²) >= 11 is 0. The monoisotopic (exact) mass is 386 g/mol. The summed E-state index contributed by atoms with van der Waals surface area (Å²) in [4.78, 5) is 29.6. The molecule has 1 N–H and O–H groups in total. The van der Waals surface area contributed by atoms with Crippen LogP contribution in [0.15, 0.2) is 24.3 Å². The first kappa shape index (κ1) is 20.3. The van der Waals surface area contributed by atoms with E-state index in [4.69, 9.17) is 5.26 Å². The normalized spacial score (nSPS) is 23.1. The summed E-state index contributed by atoms with van der Waals surface area (Å²) in [6.45, 7) is 3.54. The highest BCUT2D eigenvalue weighted by atomic mass is 19.1. The molecule has 2 aliphatic rings. The highest BCUT2D eigenvalue weighted by Crippen LogP contribution is 2.32. The lowest BCUT2D eigenvalue weighted by molar-refractivity contribution is -0.145. The Morgan fingerprint density at radius 1 is 1.07 bits per heavy atom. The Morgan fingerprint density at radius 2 is 1.71 bits per heavy atom. The Kier molecular flexibility index (Phi) is 6.99. The van der Waals surface area contributed by atoms with Crippen molar-refractivity contribution in [3.63, 3.8) is 0 Å². The maximum Gasteiger partial charge on any atom is 0.226 e. The van der Waals surface area contributed by atoms with Gasteiger partial charge in [0.05, 0.1) is 6.07 Å². The third-order valence-electron chi connectivity index (χ3n) is 5.77. The van der Waals surface area contributed by atoms with E-state index in [1.807, 2.05) is 11.0 Å². The first-order chi connectivity index (χ1) is 13.6. The molecule has 2 fully saturated rings. The highest BCUT2D eigenvalue weighted by molar-refractivity contribution is 5.88. The SMILES string of the molecule is N#CCNC(=O)[C@H]1CCCC[C@@H]1C(=O)N1CCN(Cc2ccc(F)cc2)CC1. The van der Waals surface area contributed by atoms with E-state index in [0.717, 1.165) is 44.5 Å². The van der Waals surface area contributed by atoms with Crippen molar-refractivity contribution in [3.05, 3.63) is 35.6 Å². The third-order valence-corrected chi connectivity index (χ3v) is 5.77. The Morgan fingerprint density at radius 3 is 2.36 bits per heavy atom.